The molecule has 2 aromatic carbocycles. The van der Waals surface area contributed by atoms with E-state index in [1.54, 1.807) is 41.1 Å². The predicted molar refractivity (Wildman–Crippen MR) is 111 cm³/mol. The molecule has 28 heavy (non-hydrogen) atoms. The molecule has 0 bridgehead atoms. The zero-order chi connectivity index (χ0) is 19.7. The molecule has 1 aromatic heterocycles. The molecule has 0 aliphatic carbocycles. The van der Waals surface area contributed by atoms with Gasteiger partial charge in [0.25, 0.3) is 5.56 Å². The van der Waals surface area contributed by atoms with Gasteiger partial charge < -0.3 is 4.90 Å². The highest BCUT2D eigenvalue weighted by Gasteiger charge is 2.23. The zero-order valence-corrected chi connectivity index (χ0v) is 16.5. The van der Waals surface area contributed by atoms with Crippen molar-refractivity contribution in [2.75, 3.05) is 20.1 Å². The van der Waals surface area contributed by atoms with Crippen molar-refractivity contribution in [3.8, 4) is 0 Å². The molecule has 144 valence electrons. The molecular weight excluding hydrogens is 374 g/mol. The molecule has 1 aliphatic heterocycles. The first-order valence-corrected chi connectivity index (χ1v) is 9.93. The van der Waals surface area contributed by atoms with Gasteiger partial charge in [-0.2, -0.15) is 5.10 Å². The van der Waals surface area contributed by atoms with Crippen LogP contribution in [-0.2, 0) is 0 Å². The van der Waals surface area contributed by atoms with E-state index in [9.17, 15) is 9.59 Å². The average molecular weight is 396 g/mol. The number of rotatable bonds is 3. The van der Waals surface area contributed by atoms with Gasteiger partial charge in [0.05, 0.1) is 11.4 Å². The fourth-order valence-electron chi connectivity index (χ4n) is 3.83. The Bertz CT molecular complexity index is 1080. The van der Waals surface area contributed by atoms with Gasteiger partial charge in [-0.15, -0.1) is 0 Å². The van der Waals surface area contributed by atoms with Gasteiger partial charge in [-0.1, -0.05) is 29.8 Å². The van der Waals surface area contributed by atoms with Gasteiger partial charge in [0.2, 0.25) is 5.78 Å². The van der Waals surface area contributed by atoms with Crippen molar-refractivity contribution < 1.29 is 4.79 Å². The Labute approximate surface area is 168 Å². The number of aromatic nitrogens is 2. The Morgan fingerprint density at radius 1 is 1.04 bits per heavy atom. The number of hydrogen-bond donors (Lipinski definition) is 0. The summed E-state index contributed by atoms with van der Waals surface area (Å²) in [7, 11) is 2.09. The van der Waals surface area contributed by atoms with Crippen LogP contribution < -0.4 is 5.56 Å². The van der Waals surface area contributed by atoms with Crippen molar-refractivity contribution in [2.45, 2.75) is 25.3 Å². The van der Waals surface area contributed by atoms with Crippen molar-refractivity contribution in [3.05, 3.63) is 75.2 Å². The summed E-state index contributed by atoms with van der Waals surface area (Å²) in [5.41, 5.74) is 0.695. The Morgan fingerprint density at radius 2 is 1.75 bits per heavy atom. The molecule has 4 rings (SSSR count). The zero-order valence-electron chi connectivity index (χ0n) is 15.8. The molecule has 1 aliphatic rings. The predicted octanol–water partition coefficient (Wildman–Crippen LogP) is 3.94. The number of carbonyl (C=O) groups is 1. The average Bonchev–Trinajstić information content (AvgIpc) is 2.93. The van der Waals surface area contributed by atoms with Gasteiger partial charge in [-0.05, 0) is 69.7 Å². The van der Waals surface area contributed by atoms with Gasteiger partial charge in [0.15, 0.2) is 0 Å². The van der Waals surface area contributed by atoms with Gasteiger partial charge >= 0.3 is 0 Å². The molecule has 1 saturated heterocycles. The minimum Gasteiger partial charge on any atom is -0.306 e. The fraction of sp³-hybridized carbons (Fsp3) is 0.318. The molecule has 0 spiro atoms. The van der Waals surface area contributed by atoms with E-state index in [-0.39, 0.29) is 17.4 Å². The number of benzene rings is 2. The van der Waals surface area contributed by atoms with E-state index in [1.165, 1.54) is 0 Å². The lowest BCUT2D eigenvalue weighted by Crippen LogP contribution is -2.30. The Morgan fingerprint density at radius 3 is 2.50 bits per heavy atom. The minimum atomic E-state index is -0.202. The number of likely N-dealkylation sites (tertiary alicyclic amines) is 1. The highest BCUT2D eigenvalue weighted by atomic mass is 35.5. The Balaban J connectivity index is 1.86. The number of halogens is 1. The lowest BCUT2D eigenvalue weighted by Gasteiger charge is -2.19. The van der Waals surface area contributed by atoms with Crippen LogP contribution >= 0.6 is 11.6 Å². The first-order chi connectivity index (χ1) is 13.5. The molecule has 0 N–H and O–H groups in total. The summed E-state index contributed by atoms with van der Waals surface area (Å²) >= 11 is 5.96. The first kappa shape index (κ1) is 18.8. The van der Waals surface area contributed by atoms with Crippen LogP contribution in [0.25, 0.3) is 10.8 Å². The second-order valence-electron chi connectivity index (χ2n) is 7.37. The summed E-state index contributed by atoms with van der Waals surface area (Å²) in [4.78, 5) is 28.6. The summed E-state index contributed by atoms with van der Waals surface area (Å²) in [6, 6.07) is 14.0. The Kier molecular flexibility index (Phi) is 5.29. The topological polar surface area (TPSA) is 55.2 Å². The number of nitrogens with zero attached hydrogens (tertiary/aromatic N) is 3. The molecule has 1 fully saturated rings. The summed E-state index contributed by atoms with van der Waals surface area (Å²) in [6.07, 6.45) is 2.73. The van der Waals surface area contributed by atoms with Crippen LogP contribution in [0.1, 0.15) is 41.4 Å². The summed E-state index contributed by atoms with van der Waals surface area (Å²) < 4.78 is 1.55. The molecule has 0 saturated carbocycles. The largest absolute Gasteiger partial charge is 0.306 e. The number of carbonyl (C=O) groups excluding carboxylic acids is 1. The Hall–Kier alpha value is -2.50. The van der Waals surface area contributed by atoms with Crippen LogP contribution in [0.15, 0.2) is 53.3 Å². The number of hydrogen-bond acceptors (Lipinski definition) is 4. The minimum absolute atomic E-state index is 0.00109. The van der Waals surface area contributed by atoms with E-state index >= 15 is 0 Å². The molecule has 3 aromatic rings. The molecule has 5 nitrogen and oxygen atoms in total. The van der Waals surface area contributed by atoms with E-state index < -0.39 is 0 Å². The quantitative estimate of drug-likeness (QED) is 0.630. The van der Waals surface area contributed by atoms with Crippen LogP contribution in [0.2, 0.25) is 5.02 Å². The van der Waals surface area contributed by atoms with Gasteiger partial charge in [0.1, 0.15) is 5.69 Å². The third-order valence-corrected chi connectivity index (χ3v) is 5.67. The van der Waals surface area contributed by atoms with E-state index in [0.29, 0.717) is 27.1 Å². The molecule has 2 heterocycles. The molecule has 1 atom stereocenters. The molecule has 1 unspecified atom stereocenters. The monoisotopic (exact) mass is 395 g/mol. The lowest BCUT2D eigenvalue weighted by molar-refractivity contribution is 0.103. The smallest absolute Gasteiger partial charge is 0.274 e. The summed E-state index contributed by atoms with van der Waals surface area (Å²) in [6.45, 7) is 1.92. The standard InChI is InChI=1S/C22H22ClN3O2/c1-25-13-4-5-17(12-14-25)26-22(28)19-7-3-2-6-18(19)20(24-26)21(27)15-8-10-16(23)11-9-15/h2-3,6-11,17H,4-5,12-14H2,1H3. The summed E-state index contributed by atoms with van der Waals surface area (Å²) in [5, 5.41) is 6.29. The van der Waals surface area contributed by atoms with Crippen molar-refractivity contribution in [3.63, 3.8) is 0 Å². The maximum Gasteiger partial charge on any atom is 0.274 e. The molecule has 0 amide bonds. The van der Waals surface area contributed by atoms with E-state index in [2.05, 4.69) is 17.0 Å². The van der Waals surface area contributed by atoms with Crippen LogP contribution in [-0.4, -0.2) is 40.6 Å². The van der Waals surface area contributed by atoms with Gasteiger partial charge in [0, 0.05) is 16.0 Å². The van der Waals surface area contributed by atoms with Crippen LogP contribution in [0, 0.1) is 0 Å². The number of fused-ring (bicyclic) bond motifs is 1. The fourth-order valence-corrected chi connectivity index (χ4v) is 3.95. The van der Waals surface area contributed by atoms with Crippen LogP contribution in [0.4, 0.5) is 0 Å². The third kappa shape index (κ3) is 3.60. The number of ketones is 1. The lowest BCUT2D eigenvalue weighted by atomic mass is 10.0. The SMILES string of the molecule is CN1CCCC(n2nc(C(=O)c3ccc(Cl)cc3)c3ccccc3c2=O)CC1. The van der Waals surface area contributed by atoms with Crippen LogP contribution in [0.5, 0.6) is 0 Å². The van der Waals surface area contributed by atoms with Crippen molar-refractivity contribution in [1.82, 2.24) is 14.7 Å². The summed E-state index contributed by atoms with van der Waals surface area (Å²) in [5.74, 6) is -0.202. The second-order valence-corrected chi connectivity index (χ2v) is 7.80. The third-order valence-electron chi connectivity index (χ3n) is 5.42. The highest BCUT2D eigenvalue weighted by Crippen LogP contribution is 2.23. The maximum absolute atomic E-state index is 13.2. The van der Waals surface area contributed by atoms with Gasteiger partial charge in [-0.3, -0.25) is 9.59 Å². The molecule has 0 radical (unpaired) electrons. The van der Waals surface area contributed by atoms with Crippen molar-refractivity contribution in [1.29, 1.82) is 0 Å². The maximum atomic E-state index is 13.2. The van der Waals surface area contributed by atoms with Crippen molar-refractivity contribution >= 4 is 28.2 Å². The van der Waals surface area contributed by atoms with Gasteiger partial charge in [-0.25, -0.2) is 4.68 Å². The van der Waals surface area contributed by atoms with E-state index in [0.717, 1.165) is 32.4 Å². The first-order valence-electron chi connectivity index (χ1n) is 9.55. The van der Waals surface area contributed by atoms with E-state index in [4.69, 9.17) is 11.6 Å². The second kappa shape index (κ2) is 7.86. The van der Waals surface area contributed by atoms with Crippen molar-refractivity contribution in [2.24, 2.45) is 0 Å². The van der Waals surface area contributed by atoms with E-state index in [1.807, 2.05) is 12.1 Å². The highest BCUT2D eigenvalue weighted by molar-refractivity contribution is 6.30. The normalized spacial score (nSPS) is 18.1. The molecule has 6 heteroatoms. The molecular formula is C22H22ClN3O2. The van der Waals surface area contributed by atoms with Crippen LogP contribution in [0.3, 0.4) is 0 Å².